The van der Waals surface area contributed by atoms with Crippen LogP contribution in [0.2, 0.25) is 0 Å². The molecule has 19 heavy (non-hydrogen) atoms. The van der Waals surface area contributed by atoms with E-state index < -0.39 is 8.60 Å². The van der Waals surface area contributed by atoms with E-state index in [9.17, 15) is 0 Å². The van der Waals surface area contributed by atoms with Gasteiger partial charge in [0, 0.05) is 41.2 Å². The van der Waals surface area contributed by atoms with Crippen LogP contribution in [0.15, 0.2) is 0 Å². The number of ether oxygens (including phenoxy) is 3. The Hall–Kier alpha value is 0.190. The summed E-state index contributed by atoms with van der Waals surface area (Å²) >= 11 is 0. The summed E-state index contributed by atoms with van der Waals surface area (Å²) in [4.78, 5) is 0. The Balaban J connectivity index is 3.66. The first kappa shape index (κ1) is 19.2. The van der Waals surface area contributed by atoms with Crippen LogP contribution in [-0.2, 0) is 27.8 Å². The lowest BCUT2D eigenvalue weighted by Gasteiger charge is -2.16. The number of methoxy groups -OCH3 is 3. The highest BCUT2D eigenvalue weighted by atomic mass is 31.2. The van der Waals surface area contributed by atoms with Crippen LogP contribution in [0.5, 0.6) is 0 Å². The first-order valence-electron chi connectivity index (χ1n) is 6.50. The molecule has 0 atom stereocenters. The molecule has 0 aromatic rings. The van der Waals surface area contributed by atoms with Crippen LogP contribution in [0.1, 0.15) is 19.3 Å². The molecule has 6 nitrogen and oxygen atoms in total. The summed E-state index contributed by atoms with van der Waals surface area (Å²) in [6.07, 6.45) is 2.49. The van der Waals surface area contributed by atoms with Gasteiger partial charge in [0.05, 0.1) is 19.8 Å². The average Bonchev–Trinajstić information content (AvgIpc) is 2.43. The lowest BCUT2D eigenvalue weighted by atomic mass is 10.5. The third kappa shape index (κ3) is 14.4. The first-order valence-corrected chi connectivity index (χ1v) is 7.60. The van der Waals surface area contributed by atoms with Crippen molar-refractivity contribution in [2.75, 3.05) is 61.0 Å². The van der Waals surface area contributed by atoms with Crippen molar-refractivity contribution < 1.29 is 27.8 Å². The topological polar surface area (TPSA) is 55.4 Å². The normalized spacial score (nSPS) is 11.4. The van der Waals surface area contributed by atoms with Gasteiger partial charge in [0.15, 0.2) is 0 Å². The molecular formula is C12H27O6P. The van der Waals surface area contributed by atoms with Crippen LogP contribution in [0, 0.1) is 0 Å². The van der Waals surface area contributed by atoms with Crippen molar-refractivity contribution in [2.24, 2.45) is 0 Å². The Labute approximate surface area is 117 Å². The van der Waals surface area contributed by atoms with Crippen LogP contribution in [0.25, 0.3) is 0 Å². The van der Waals surface area contributed by atoms with Crippen LogP contribution in [-0.4, -0.2) is 61.0 Å². The maximum atomic E-state index is 5.56. The lowest BCUT2D eigenvalue weighted by molar-refractivity contribution is 0.116. The fraction of sp³-hybridized carbons (Fsp3) is 1.00. The second kappa shape index (κ2) is 16.2. The Morgan fingerprint density at radius 2 is 0.842 bits per heavy atom. The van der Waals surface area contributed by atoms with Gasteiger partial charge in [-0.25, -0.2) is 0 Å². The number of hydrogen-bond acceptors (Lipinski definition) is 6. The van der Waals surface area contributed by atoms with E-state index in [1.165, 1.54) is 0 Å². The van der Waals surface area contributed by atoms with E-state index in [4.69, 9.17) is 27.8 Å². The molecule has 0 aromatic carbocycles. The van der Waals surface area contributed by atoms with Gasteiger partial charge < -0.3 is 27.8 Å². The quantitative estimate of drug-likeness (QED) is 0.342. The van der Waals surface area contributed by atoms with Crippen LogP contribution in [0.3, 0.4) is 0 Å². The van der Waals surface area contributed by atoms with Gasteiger partial charge in [0.2, 0.25) is 0 Å². The Morgan fingerprint density at radius 3 is 1.11 bits per heavy atom. The molecule has 7 heteroatoms. The third-order valence-electron chi connectivity index (χ3n) is 2.07. The maximum absolute atomic E-state index is 5.56. The number of hydrogen-bond donors (Lipinski definition) is 0. The highest BCUT2D eigenvalue weighted by molar-refractivity contribution is 7.41. The van der Waals surface area contributed by atoms with E-state index in [0.29, 0.717) is 39.6 Å². The highest BCUT2D eigenvalue weighted by Crippen LogP contribution is 2.39. The molecule has 0 aliphatic carbocycles. The van der Waals surface area contributed by atoms with Crippen LogP contribution >= 0.6 is 8.60 Å². The lowest BCUT2D eigenvalue weighted by Crippen LogP contribution is -2.04. The van der Waals surface area contributed by atoms with Gasteiger partial charge in [-0.2, -0.15) is 0 Å². The van der Waals surface area contributed by atoms with E-state index in [1.807, 2.05) is 0 Å². The van der Waals surface area contributed by atoms with Gasteiger partial charge in [0.1, 0.15) is 0 Å². The van der Waals surface area contributed by atoms with Gasteiger partial charge in [-0.1, -0.05) is 0 Å². The summed E-state index contributed by atoms with van der Waals surface area (Å²) in [5.74, 6) is 0. The molecule has 0 N–H and O–H groups in total. The van der Waals surface area contributed by atoms with E-state index in [-0.39, 0.29) is 0 Å². The van der Waals surface area contributed by atoms with E-state index in [1.54, 1.807) is 21.3 Å². The van der Waals surface area contributed by atoms with Crippen molar-refractivity contribution in [3.05, 3.63) is 0 Å². The Kier molecular flexibility index (Phi) is 16.4. The average molecular weight is 298 g/mol. The summed E-state index contributed by atoms with van der Waals surface area (Å²) in [5, 5.41) is 0. The minimum absolute atomic E-state index is 0.577. The zero-order valence-corrected chi connectivity index (χ0v) is 13.2. The predicted molar refractivity (Wildman–Crippen MR) is 74.3 cm³/mol. The molecule has 0 radical (unpaired) electrons. The zero-order chi connectivity index (χ0) is 14.2. The molecule has 0 rings (SSSR count). The second-order valence-corrected chi connectivity index (χ2v) is 4.98. The summed E-state index contributed by atoms with van der Waals surface area (Å²) in [7, 11) is 3.74. The molecule has 0 heterocycles. The molecule has 0 unspecified atom stereocenters. The monoisotopic (exact) mass is 298 g/mol. The minimum atomic E-state index is -1.28. The summed E-state index contributed by atoms with van der Waals surface area (Å²) < 4.78 is 31.6. The molecule has 0 saturated heterocycles. The van der Waals surface area contributed by atoms with Crippen LogP contribution < -0.4 is 0 Å². The smallest absolute Gasteiger partial charge is 0.332 e. The van der Waals surface area contributed by atoms with Crippen molar-refractivity contribution in [2.45, 2.75) is 19.3 Å². The fourth-order valence-corrected chi connectivity index (χ4v) is 2.20. The molecule has 0 bridgehead atoms. The second-order valence-electron chi connectivity index (χ2n) is 3.76. The summed E-state index contributed by atoms with van der Waals surface area (Å²) in [5.41, 5.74) is 0. The van der Waals surface area contributed by atoms with E-state index in [2.05, 4.69) is 0 Å². The van der Waals surface area contributed by atoms with Crippen LogP contribution in [0.4, 0.5) is 0 Å². The van der Waals surface area contributed by atoms with Crippen molar-refractivity contribution in [3.8, 4) is 0 Å². The molecule has 0 amide bonds. The predicted octanol–water partition coefficient (Wildman–Crippen LogP) is 2.37. The summed E-state index contributed by atoms with van der Waals surface area (Å²) in [6, 6.07) is 0. The SMILES string of the molecule is COCCCOP(OCCCOC)OCCCOC. The standard InChI is InChI=1S/C12H27O6P/c1-13-7-4-10-16-19(17-11-5-8-14-2)18-12-6-9-15-3/h4-12H2,1-3H3. The molecule has 0 aromatic heterocycles. The third-order valence-corrected chi connectivity index (χ3v) is 3.25. The Morgan fingerprint density at radius 1 is 0.526 bits per heavy atom. The van der Waals surface area contributed by atoms with Gasteiger partial charge in [-0.3, -0.25) is 0 Å². The molecular weight excluding hydrogens is 271 g/mol. The zero-order valence-electron chi connectivity index (χ0n) is 12.3. The Bertz CT molecular complexity index is 144. The van der Waals surface area contributed by atoms with Crippen molar-refractivity contribution in [1.29, 1.82) is 0 Å². The molecule has 116 valence electrons. The van der Waals surface area contributed by atoms with Crippen molar-refractivity contribution in [3.63, 3.8) is 0 Å². The van der Waals surface area contributed by atoms with Crippen molar-refractivity contribution in [1.82, 2.24) is 0 Å². The molecule has 0 saturated carbocycles. The van der Waals surface area contributed by atoms with Gasteiger partial charge in [-0.15, -0.1) is 0 Å². The van der Waals surface area contributed by atoms with E-state index >= 15 is 0 Å². The van der Waals surface area contributed by atoms with E-state index in [0.717, 1.165) is 19.3 Å². The largest absolute Gasteiger partial charge is 0.385 e. The molecule has 0 aliphatic heterocycles. The molecule has 0 aliphatic rings. The van der Waals surface area contributed by atoms with Gasteiger partial charge in [-0.05, 0) is 19.3 Å². The molecule has 0 fully saturated rings. The van der Waals surface area contributed by atoms with Crippen molar-refractivity contribution >= 4 is 8.60 Å². The first-order chi connectivity index (χ1) is 9.35. The van der Waals surface area contributed by atoms with Gasteiger partial charge in [0.25, 0.3) is 0 Å². The highest BCUT2D eigenvalue weighted by Gasteiger charge is 2.12. The minimum Gasteiger partial charge on any atom is -0.385 e. The molecule has 0 spiro atoms. The van der Waals surface area contributed by atoms with Gasteiger partial charge >= 0.3 is 8.60 Å². The number of rotatable bonds is 15. The summed E-state index contributed by atoms with van der Waals surface area (Å²) in [6.45, 7) is 3.76. The fourth-order valence-electron chi connectivity index (χ4n) is 1.14. The maximum Gasteiger partial charge on any atom is 0.332 e.